The molecule has 2 fully saturated rings. The van der Waals surface area contributed by atoms with Crippen LogP contribution in [-0.2, 0) is 15.0 Å². The first-order chi connectivity index (χ1) is 15.2. The number of anilines is 4. The van der Waals surface area contributed by atoms with Gasteiger partial charge in [0, 0.05) is 49.3 Å². The molecule has 33 heavy (non-hydrogen) atoms. The van der Waals surface area contributed by atoms with E-state index in [1.54, 1.807) is 16.9 Å². The van der Waals surface area contributed by atoms with Crippen LogP contribution in [-0.4, -0.2) is 58.2 Å². The Morgan fingerprint density at radius 2 is 1.70 bits per heavy atom. The summed E-state index contributed by atoms with van der Waals surface area (Å²) in [7, 11) is -4.30. The van der Waals surface area contributed by atoms with Gasteiger partial charge in [-0.2, -0.15) is 8.42 Å². The molecule has 3 amide bonds. The van der Waals surface area contributed by atoms with Crippen molar-refractivity contribution in [2.24, 2.45) is 0 Å². The minimum Gasteiger partial charge on any atom is -0.506 e. The normalized spacial score (nSPS) is 17.2. The Labute approximate surface area is 195 Å². The summed E-state index contributed by atoms with van der Waals surface area (Å²) >= 11 is 0. The summed E-state index contributed by atoms with van der Waals surface area (Å²) in [4.78, 5) is 25.8. The molecule has 2 heterocycles. The molecule has 2 aliphatic rings. The van der Waals surface area contributed by atoms with E-state index in [0.29, 0.717) is 9.99 Å². The number of piperazine rings is 1. The van der Waals surface area contributed by atoms with Gasteiger partial charge in [0.1, 0.15) is 18.0 Å². The molecule has 4 rings (SSSR count). The van der Waals surface area contributed by atoms with Gasteiger partial charge in [0.25, 0.3) is 5.91 Å². The van der Waals surface area contributed by atoms with Crippen LogP contribution in [0, 0.1) is 5.82 Å². The first-order valence-electron chi connectivity index (χ1n) is 9.72. The highest BCUT2D eigenvalue weighted by molar-refractivity contribution is 7.92. The molecule has 11 nitrogen and oxygen atoms in total. The highest BCUT2D eigenvalue weighted by Gasteiger charge is 2.37. The molecule has 178 valence electrons. The lowest BCUT2D eigenvalue weighted by Crippen LogP contribution is -2.43. The molecule has 2 aromatic rings. The smallest absolute Gasteiger partial charge is 0.326 e. The van der Waals surface area contributed by atoms with Crippen LogP contribution in [0.5, 0.6) is 5.75 Å². The van der Waals surface area contributed by atoms with E-state index >= 15 is 0 Å². The van der Waals surface area contributed by atoms with Crippen molar-refractivity contribution in [3.63, 3.8) is 0 Å². The van der Waals surface area contributed by atoms with Gasteiger partial charge in [-0.1, -0.05) is 0 Å². The molecule has 0 aliphatic carbocycles. The highest BCUT2D eigenvalue weighted by atomic mass is 35.5. The first-order valence-corrected chi connectivity index (χ1v) is 11.2. The van der Waals surface area contributed by atoms with Gasteiger partial charge in [-0.3, -0.25) is 4.79 Å². The van der Waals surface area contributed by atoms with Crippen molar-refractivity contribution < 1.29 is 27.5 Å². The summed E-state index contributed by atoms with van der Waals surface area (Å²) in [5, 5.41) is 18.4. The van der Waals surface area contributed by atoms with Crippen LogP contribution in [0.25, 0.3) is 0 Å². The Morgan fingerprint density at radius 3 is 2.27 bits per heavy atom. The number of phenolic OH excluding ortho intramolecular Hbond substituents is 1. The van der Waals surface area contributed by atoms with Crippen molar-refractivity contribution in [3.05, 3.63) is 42.2 Å². The number of nitrogens with one attached hydrogen (secondary N) is 4. The van der Waals surface area contributed by atoms with E-state index in [-0.39, 0.29) is 18.1 Å². The van der Waals surface area contributed by atoms with Crippen molar-refractivity contribution in [2.75, 3.05) is 52.6 Å². The number of rotatable bonds is 4. The first kappa shape index (κ1) is 24.4. The molecule has 0 saturated carbocycles. The van der Waals surface area contributed by atoms with Gasteiger partial charge in [-0.15, -0.1) is 12.4 Å². The number of amides is 3. The fourth-order valence-corrected chi connectivity index (χ4v) is 4.69. The zero-order valence-corrected chi connectivity index (χ0v) is 18.8. The Kier molecular flexibility index (Phi) is 7.15. The molecule has 2 aliphatic heterocycles. The maximum atomic E-state index is 14.5. The van der Waals surface area contributed by atoms with E-state index in [1.807, 2.05) is 12.1 Å². The van der Waals surface area contributed by atoms with Gasteiger partial charge in [0.2, 0.25) is 0 Å². The van der Waals surface area contributed by atoms with E-state index in [9.17, 15) is 27.5 Å². The lowest BCUT2D eigenvalue weighted by Gasteiger charge is -2.29. The Bertz CT molecular complexity index is 1130. The maximum Gasteiger partial charge on any atom is 0.326 e. The summed E-state index contributed by atoms with van der Waals surface area (Å²) in [5.74, 6) is -2.73. The number of nitrogens with zero attached hydrogens (tertiary/aromatic N) is 2. The van der Waals surface area contributed by atoms with Crippen LogP contribution < -0.4 is 29.9 Å². The van der Waals surface area contributed by atoms with E-state index in [2.05, 4.69) is 20.9 Å². The van der Waals surface area contributed by atoms with Gasteiger partial charge in [-0.25, -0.2) is 18.2 Å². The molecule has 5 N–H and O–H groups in total. The fraction of sp³-hybridized carbons (Fsp3) is 0.263. The molecular weight excluding hydrogens is 479 g/mol. The molecule has 0 aromatic heterocycles. The Balaban J connectivity index is 0.00000306. The molecule has 14 heteroatoms. The molecule has 2 aromatic carbocycles. The van der Waals surface area contributed by atoms with Crippen molar-refractivity contribution in [3.8, 4) is 5.75 Å². The number of aromatic hydroxyl groups is 1. The monoisotopic (exact) mass is 500 g/mol. The van der Waals surface area contributed by atoms with Gasteiger partial charge in [0.15, 0.2) is 5.82 Å². The Hall–Kier alpha value is -3.29. The largest absolute Gasteiger partial charge is 0.506 e. The molecule has 0 radical (unpaired) electrons. The average Bonchev–Trinajstić information content (AvgIpc) is 3.00. The second kappa shape index (κ2) is 9.68. The van der Waals surface area contributed by atoms with Crippen molar-refractivity contribution in [1.82, 2.24) is 10.0 Å². The number of urea groups is 1. The summed E-state index contributed by atoms with van der Waals surface area (Å²) in [6, 6.07) is 8.39. The predicted octanol–water partition coefficient (Wildman–Crippen LogP) is 1.19. The SMILES string of the molecule is Cl.O=C1CN(c2c(O)cc(NC(=O)Nc3ccc(N4CCNCC4)cc3)cc2F)S(=O)(=O)N1. The summed E-state index contributed by atoms with van der Waals surface area (Å²) in [6.45, 7) is 2.93. The van der Waals surface area contributed by atoms with E-state index in [1.165, 1.54) is 0 Å². The van der Waals surface area contributed by atoms with Crippen LogP contribution in [0.2, 0.25) is 0 Å². The van der Waals surface area contributed by atoms with Gasteiger partial charge >= 0.3 is 16.2 Å². The number of carbonyl (C=O) groups excluding carboxylic acids is 2. The Morgan fingerprint density at radius 1 is 1.06 bits per heavy atom. The summed E-state index contributed by atoms with van der Waals surface area (Å²) in [6.07, 6.45) is 0. The van der Waals surface area contributed by atoms with Crippen LogP contribution in [0.15, 0.2) is 36.4 Å². The minimum atomic E-state index is -4.30. The topological polar surface area (TPSA) is 143 Å². The van der Waals surface area contributed by atoms with Gasteiger partial charge in [-0.05, 0) is 30.3 Å². The van der Waals surface area contributed by atoms with E-state index in [4.69, 9.17) is 0 Å². The zero-order valence-electron chi connectivity index (χ0n) is 17.2. The number of phenols is 1. The zero-order chi connectivity index (χ0) is 22.9. The molecule has 2 saturated heterocycles. The third kappa shape index (κ3) is 5.38. The number of hydrogen-bond acceptors (Lipinski definition) is 7. The standard InChI is InChI=1S/C19H21FN6O5S.ClH/c20-15-9-13(10-16(27)18(15)26-11-17(28)24-32(26,30)31)23-19(29)22-12-1-3-14(4-2-12)25-7-5-21-6-8-25;/h1-4,9-10,21,27H,5-8,11H2,(H,24,28)(H2,22,23,29);1H. The van der Waals surface area contributed by atoms with Crippen LogP contribution in [0.1, 0.15) is 0 Å². The van der Waals surface area contributed by atoms with Crippen LogP contribution >= 0.6 is 12.4 Å². The van der Waals surface area contributed by atoms with Crippen molar-refractivity contribution in [2.45, 2.75) is 0 Å². The van der Waals surface area contributed by atoms with Gasteiger partial charge < -0.3 is 26.0 Å². The fourth-order valence-electron chi connectivity index (χ4n) is 3.52. The maximum absolute atomic E-state index is 14.5. The number of halogens is 2. The van der Waals surface area contributed by atoms with Gasteiger partial charge in [0.05, 0.1) is 0 Å². The quantitative estimate of drug-likeness (QED) is 0.424. The number of carbonyl (C=O) groups is 2. The lowest BCUT2D eigenvalue weighted by atomic mass is 10.2. The number of hydrogen-bond donors (Lipinski definition) is 5. The second-order valence-corrected chi connectivity index (χ2v) is 8.82. The predicted molar refractivity (Wildman–Crippen MR) is 124 cm³/mol. The van der Waals surface area contributed by atoms with Crippen molar-refractivity contribution >= 4 is 57.3 Å². The molecule has 0 atom stereocenters. The highest BCUT2D eigenvalue weighted by Crippen LogP contribution is 2.36. The second-order valence-electron chi connectivity index (χ2n) is 7.23. The van der Waals surface area contributed by atoms with Crippen LogP contribution in [0.3, 0.4) is 0 Å². The molecule has 0 unspecified atom stereocenters. The molecule has 0 bridgehead atoms. The minimum absolute atomic E-state index is 0. The van der Waals surface area contributed by atoms with Crippen molar-refractivity contribution in [1.29, 1.82) is 0 Å². The lowest BCUT2D eigenvalue weighted by molar-refractivity contribution is -0.117. The molecular formula is C19H22ClFN6O5S. The van der Waals surface area contributed by atoms with E-state index in [0.717, 1.165) is 44.0 Å². The average molecular weight is 501 g/mol. The number of benzene rings is 2. The third-order valence-corrected chi connectivity index (χ3v) is 6.36. The third-order valence-electron chi connectivity index (χ3n) is 4.98. The van der Waals surface area contributed by atoms with Crippen LogP contribution in [0.4, 0.5) is 31.9 Å². The molecule has 0 spiro atoms. The summed E-state index contributed by atoms with van der Waals surface area (Å²) in [5.41, 5.74) is 0.757. The van der Waals surface area contributed by atoms with E-state index < -0.39 is 45.9 Å². The summed E-state index contributed by atoms with van der Waals surface area (Å²) < 4.78 is 40.5.